The lowest BCUT2D eigenvalue weighted by Gasteiger charge is -2.38. The number of nitrogens with one attached hydrogen (secondary N) is 3. The topological polar surface area (TPSA) is 215 Å². The Hall–Kier alpha value is -6.58. The van der Waals surface area contributed by atoms with Crippen molar-refractivity contribution in [1.29, 1.82) is 0 Å². The molecular weight excluding hydrogens is 865 g/mol. The lowest BCUT2D eigenvalue weighted by molar-refractivity contribution is -0.147. The molecule has 3 aromatic carbocycles. The third-order valence-corrected chi connectivity index (χ3v) is 14.9. The zero-order valence-electron chi connectivity index (χ0n) is 39.1. The minimum absolute atomic E-state index is 0.00447. The molecule has 16 nitrogen and oxygen atoms in total. The van der Waals surface area contributed by atoms with Crippen molar-refractivity contribution in [2.24, 2.45) is 30.5 Å². The molecule has 4 aromatic rings. The van der Waals surface area contributed by atoms with Crippen LogP contribution in [0.25, 0.3) is 11.0 Å². The molecule has 4 fully saturated rings. The van der Waals surface area contributed by atoms with Crippen molar-refractivity contribution in [2.75, 3.05) is 13.1 Å². The maximum absolute atomic E-state index is 14.1. The number of aryl methyl sites for hydroxylation is 1. The van der Waals surface area contributed by atoms with Gasteiger partial charge in [0.1, 0.15) is 18.1 Å². The Labute approximate surface area is 396 Å². The number of rotatable bonds is 15. The lowest BCUT2D eigenvalue weighted by Crippen LogP contribution is -2.57. The molecule has 0 spiro atoms. The first-order valence-electron chi connectivity index (χ1n) is 24.4. The predicted molar refractivity (Wildman–Crippen MR) is 254 cm³/mol. The minimum atomic E-state index is -1.07. The number of amides is 7. The van der Waals surface area contributed by atoms with Gasteiger partial charge in [0.2, 0.25) is 41.4 Å². The molecule has 16 heteroatoms. The monoisotopic (exact) mass is 928 g/mol. The van der Waals surface area contributed by atoms with Crippen molar-refractivity contribution in [3.63, 3.8) is 0 Å². The van der Waals surface area contributed by atoms with Crippen LogP contribution in [-0.2, 0) is 47.0 Å². The molecular formula is C52H64N8O8. The maximum Gasteiger partial charge on any atom is 0.329 e. The Morgan fingerprint density at radius 2 is 1.46 bits per heavy atom. The number of carbonyl (C=O) groups excluding carboxylic acids is 7. The number of imidazole rings is 1. The van der Waals surface area contributed by atoms with Gasteiger partial charge in [-0.15, -0.1) is 0 Å². The molecule has 4 heterocycles. The Morgan fingerprint density at radius 3 is 2.12 bits per heavy atom. The van der Waals surface area contributed by atoms with Crippen molar-refractivity contribution < 1.29 is 33.6 Å². The molecule has 4 aliphatic rings. The van der Waals surface area contributed by atoms with E-state index in [1.54, 1.807) is 23.4 Å². The van der Waals surface area contributed by atoms with Gasteiger partial charge in [-0.05, 0) is 98.4 Å². The van der Waals surface area contributed by atoms with E-state index in [-0.39, 0.29) is 55.3 Å². The van der Waals surface area contributed by atoms with Gasteiger partial charge in [-0.25, -0.2) is 4.79 Å². The van der Waals surface area contributed by atoms with E-state index in [0.29, 0.717) is 56.0 Å². The third-order valence-electron chi connectivity index (χ3n) is 14.9. The highest BCUT2D eigenvalue weighted by molar-refractivity contribution is 6.00. The van der Waals surface area contributed by atoms with Gasteiger partial charge in [0.15, 0.2) is 0 Å². The van der Waals surface area contributed by atoms with E-state index in [9.17, 15) is 38.4 Å². The summed E-state index contributed by atoms with van der Waals surface area (Å²) in [6, 6.07) is 21.6. The van der Waals surface area contributed by atoms with Crippen LogP contribution in [0, 0.1) is 17.8 Å². The van der Waals surface area contributed by atoms with E-state index in [2.05, 4.69) is 16.0 Å². The average Bonchev–Trinajstić information content (AvgIpc) is 3.87. The quantitative estimate of drug-likeness (QED) is 0.126. The van der Waals surface area contributed by atoms with Gasteiger partial charge in [-0.3, -0.25) is 48.0 Å². The molecule has 5 N–H and O–H groups in total. The fourth-order valence-electron chi connectivity index (χ4n) is 11.1. The molecule has 68 heavy (non-hydrogen) atoms. The molecule has 360 valence electrons. The smallest absolute Gasteiger partial charge is 0.329 e. The highest BCUT2D eigenvalue weighted by atomic mass is 16.2. The summed E-state index contributed by atoms with van der Waals surface area (Å²) in [6.07, 6.45) is 8.08. The fourth-order valence-corrected chi connectivity index (χ4v) is 11.1. The van der Waals surface area contributed by atoms with Gasteiger partial charge < -0.3 is 26.2 Å². The summed E-state index contributed by atoms with van der Waals surface area (Å²) in [5, 5.41) is 8.34. The fraction of sp³-hybridized carbons (Fsp3) is 0.500. The van der Waals surface area contributed by atoms with Gasteiger partial charge in [0.25, 0.3) is 0 Å². The largest absolute Gasteiger partial charge is 0.370 e. The number of nitrogens with two attached hydrogens (primary N) is 1. The molecule has 7 amide bonds. The highest BCUT2D eigenvalue weighted by Gasteiger charge is 2.45. The SMILES string of the molecule is C[C@H]1CN(C(=O)CCC2CCC(Cc3ccc4c(c3)n(C)c(=O)n4C3CCC(=O)NC3=O)CC2)CC[C@H]2CC[C@@H](C(=O)N[C@@H](CCC(N)=O)C(=O)NC(c3ccccc3)c3ccccc3)N2C1=O. The van der Waals surface area contributed by atoms with E-state index < -0.39 is 53.7 Å². The van der Waals surface area contributed by atoms with Crippen molar-refractivity contribution in [3.8, 4) is 0 Å². The van der Waals surface area contributed by atoms with Crippen LogP contribution in [0.15, 0.2) is 83.7 Å². The molecule has 0 radical (unpaired) electrons. The first kappa shape index (κ1) is 47.9. The van der Waals surface area contributed by atoms with Crippen LogP contribution >= 0.6 is 0 Å². The van der Waals surface area contributed by atoms with Crippen molar-refractivity contribution >= 4 is 52.4 Å². The summed E-state index contributed by atoms with van der Waals surface area (Å²) in [7, 11) is 1.71. The first-order valence-corrected chi connectivity index (χ1v) is 24.4. The van der Waals surface area contributed by atoms with E-state index >= 15 is 0 Å². The first-order chi connectivity index (χ1) is 32.7. The van der Waals surface area contributed by atoms with Crippen LogP contribution < -0.4 is 27.4 Å². The van der Waals surface area contributed by atoms with Gasteiger partial charge in [0, 0.05) is 45.4 Å². The number of hydrogen-bond donors (Lipinski definition) is 4. The van der Waals surface area contributed by atoms with Crippen molar-refractivity contribution in [1.82, 2.24) is 34.9 Å². The van der Waals surface area contributed by atoms with Crippen LogP contribution in [0.5, 0.6) is 0 Å². The van der Waals surface area contributed by atoms with Gasteiger partial charge in [-0.2, -0.15) is 0 Å². The standard InChI is InChI=1S/C52H64N8O8/c1-32-31-58(46(63)26-18-33-13-15-34(16-14-33)29-35-17-21-40-43(30-35)57(2)52(68)60(40)42-23-25-45(62)55-50(42)66)28-27-38-19-22-41(59(38)51(32)67)49(65)54-39(20-24-44(53)61)48(64)56-47(36-9-5-3-6-10-36)37-11-7-4-8-12-37/h3-12,17,21,30,32-34,38-39,41-42,47H,13-16,18-20,22-29,31H2,1-2H3,(H2,53,61)(H,54,65)(H,56,64)(H,55,62,66)/t32-,33?,34?,38+,39-,41-,42?/m0/s1. The Morgan fingerprint density at radius 1 is 0.779 bits per heavy atom. The zero-order chi connectivity index (χ0) is 48.1. The van der Waals surface area contributed by atoms with Crippen LogP contribution in [0.3, 0.4) is 0 Å². The van der Waals surface area contributed by atoms with E-state index in [4.69, 9.17) is 5.73 Å². The third kappa shape index (κ3) is 10.7. The molecule has 0 bridgehead atoms. The molecule has 1 saturated carbocycles. The number of aromatic nitrogens is 2. The number of fused-ring (bicyclic) bond motifs is 2. The average molecular weight is 929 g/mol. The van der Waals surface area contributed by atoms with E-state index in [1.807, 2.05) is 83.8 Å². The summed E-state index contributed by atoms with van der Waals surface area (Å²) in [5.41, 5.74) is 9.49. The van der Waals surface area contributed by atoms with Crippen molar-refractivity contribution in [3.05, 3.63) is 106 Å². The molecule has 8 rings (SSSR count). The summed E-state index contributed by atoms with van der Waals surface area (Å²) >= 11 is 0. The number of hydrogen-bond acceptors (Lipinski definition) is 8. The van der Waals surface area contributed by atoms with E-state index in [0.717, 1.165) is 60.7 Å². The molecule has 1 aromatic heterocycles. The number of benzene rings is 3. The maximum atomic E-state index is 14.1. The van der Waals surface area contributed by atoms with E-state index in [1.165, 1.54) is 4.57 Å². The number of carbonyl (C=O) groups is 7. The molecule has 5 atom stereocenters. The minimum Gasteiger partial charge on any atom is -0.370 e. The second-order valence-corrected chi connectivity index (χ2v) is 19.5. The number of nitrogens with zero attached hydrogens (tertiary/aromatic N) is 4. The van der Waals surface area contributed by atoms with Gasteiger partial charge >= 0.3 is 5.69 Å². The molecule has 3 aliphatic heterocycles. The normalized spacial score (nSPS) is 23.7. The Kier molecular flexibility index (Phi) is 14.9. The predicted octanol–water partition coefficient (Wildman–Crippen LogP) is 4.33. The van der Waals surface area contributed by atoms with Crippen LogP contribution in [0.2, 0.25) is 0 Å². The van der Waals surface area contributed by atoms with Crippen LogP contribution in [-0.4, -0.2) is 91.5 Å². The Balaban J connectivity index is 0.826. The second kappa shape index (κ2) is 21.2. The number of primary amides is 1. The molecule has 1 aliphatic carbocycles. The van der Waals surface area contributed by atoms with Gasteiger partial charge in [-0.1, -0.05) is 86.5 Å². The van der Waals surface area contributed by atoms with Gasteiger partial charge in [0.05, 0.1) is 23.0 Å². The number of piperidine rings is 1. The lowest BCUT2D eigenvalue weighted by atomic mass is 9.77. The summed E-state index contributed by atoms with van der Waals surface area (Å²) in [5.74, 6) is -2.06. The van der Waals surface area contributed by atoms with Crippen molar-refractivity contribution in [2.45, 2.75) is 127 Å². The summed E-state index contributed by atoms with van der Waals surface area (Å²) < 4.78 is 3.08. The Bertz CT molecular complexity index is 2550. The summed E-state index contributed by atoms with van der Waals surface area (Å²) in [4.78, 5) is 109. The zero-order valence-corrected chi connectivity index (χ0v) is 39.1. The summed E-state index contributed by atoms with van der Waals surface area (Å²) in [6.45, 7) is 2.55. The second-order valence-electron chi connectivity index (χ2n) is 19.5. The van der Waals surface area contributed by atoms with Crippen LogP contribution in [0.4, 0.5) is 0 Å². The van der Waals surface area contributed by atoms with Crippen LogP contribution in [0.1, 0.15) is 119 Å². The molecule has 3 saturated heterocycles. The molecule has 1 unspecified atom stereocenters. The number of imide groups is 1. The highest BCUT2D eigenvalue weighted by Crippen LogP contribution is 2.36.